The van der Waals surface area contributed by atoms with Gasteiger partial charge in [0.25, 0.3) is 0 Å². The van der Waals surface area contributed by atoms with Crippen LogP contribution in [0.2, 0.25) is 0 Å². The first-order chi connectivity index (χ1) is 9.25. The largest absolute Gasteiger partial charge is 0.390 e. The Morgan fingerprint density at radius 2 is 2.10 bits per heavy atom. The van der Waals surface area contributed by atoms with Crippen LogP contribution in [-0.4, -0.2) is 44.5 Å². The van der Waals surface area contributed by atoms with Crippen molar-refractivity contribution in [3.63, 3.8) is 0 Å². The van der Waals surface area contributed by atoms with Crippen molar-refractivity contribution in [2.45, 2.75) is 45.0 Å². The van der Waals surface area contributed by atoms with Gasteiger partial charge >= 0.3 is 6.18 Å². The van der Waals surface area contributed by atoms with E-state index in [4.69, 9.17) is 4.74 Å². The first-order valence-corrected chi connectivity index (χ1v) is 6.91. The molecule has 0 bridgehead atoms. The first kappa shape index (κ1) is 15.4. The molecule has 2 rings (SSSR count). The zero-order chi connectivity index (χ0) is 15.0. The smallest absolute Gasteiger partial charge is 0.377 e. The summed E-state index contributed by atoms with van der Waals surface area (Å²) in [6.45, 7) is 4.82. The highest BCUT2D eigenvalue weighted by Crippen LogP contribution is 2.52. The monoisotopic (exact) mass is 293 g/mol. The highest BCUT2D eigenvalue weighted by Gasteiger charge is 2.59. The minimum atomic E-state index is -4.15. The predicted molar refractivity (Wildman–Crippen MR) is 70.6 cm³/mol. The van der Waals surface area contributed by atoms with Crippen molar-refractivity contribution in [2.24, 2.45) is 16.3 Å². The Hall–Kier alpha value is -0.980. The van der Waals surface area contributed by atoms with E-state index in [9.17, 15) is 13.2 Å². The Balaban J connectivity index is 1.85. The molecule has 7 heteroatoms. The van der Waals surface area contributed by atoms with Gasteiger partial charge in [-0.25, -0.2) is 0 Å². The fourth-order valence-electron chi connectivity index (χ4n) is 3.28. The van der Waals surface area contributed by atoms with Gasteiger partial charge in [-0.05, 0) is 6.42 Å². The maximum absolute atomic E-state index is 12.1. The van der Waals surface area contributed by atoms with E-state index in [0.29, 0.717) is 11.9 Å². The molecular formula is C13H22F3N3O. The zero-order valence-corrected chi connectivity index (χ0v) is 12.0. The second-order valence-electron chi connectivity index (χ2n) is 6.05. The van der Waals surface area contributed by atoms with Gasteiger partial charge in [0.1, 0.15) is 0 Å². The lowest BCUT2D eigenvalue weighted by Gasteiger charge is -2.54. The SMILES string of the molecule is CN=C(NCCC(F)(F)F)NC1C2CCOC2C1(C)C. The van der Waals surface area contributed by atoms with Crippen molar-refractivity contribution in [3.8, 4) is 0 Å². The number of rotatable bonds is 3. The van der Waals surface area contributed by atoms with E-state index in [1.54, 1.807) is 7.05 Å². The van der Waals surface area contributed by atoms with Crippen LogP contribution in [0.3, 0.4) is 0 Å². The Morgan fingerprint density at radius 1 is 1.40 bits per heavy atom. The van der Waals surface area contributed by atoms with Crippen LogP contribution in [0.25, 0.3) is 0 Å². The van der Waals surface area contributed by atoms with Crippen molar-refractivity contribution >= 4 is 5.96 Å². The molecule has 20 heavy (non-hydrogen) atoms. The van der Waals surface area contributed by atoms with E-state index in [0.717, 1.165) is 13.0 Å². The van der Waals surface area contributed by atoms with Crippen LogP contribution in [-0.2, 0) is 4.74 Å². The first-order valence-electron chi connectivity index (χ1n) is 6.91. The molecule has 1 saturated heterocycles. The van der Waals surface area contributed by atoms with E-state index in [1.807, 2.05) is 0 Å². The molecule has 0 aromatic carbocycles. The summed E-state index contributed by atoms with van der Waals surface area (Å²) in [6.07, 6.45) is -3.78. The van der Waals surface area contributed by atoms with Crippen LogP contribution in [0, 0.1) is 11.3 Å². The molecule has 0 aromatic rings. The molecule has 1 aliphatic heterocycles. The van der Waals surface area contributed by atoms with E-state index < -0.39 is 12.6 Å². The molecule has 0 amide bonds. The maximum Gasteiger partial charge on any atom is 0.390 e. The van der Waals surface area contributed by atoms with Crippen LogP contribution in [0.4, 0.5) is 13.2 Å². The minimum absolute atomic E-state index is 0.0250. The van der Waals surface area contributed by atoms with Crippen LogP contribution in [0.1, 0.15) is 26.7 Å². The summed E-state index contributed by atoms with van der Waals surface area (Å²) in [6, 6.07) is 0.187. The number of fused-ring (bicyclic) bond motifs is 1. The van der Waals surface area contributed by atoms with E-state index >= 15 is 0 Å². The molecule has 1 aliphatic carbocycles. The molecule has 2 fully saturated rings. The van der Waals surface area contributed by atoms with Crippen LogP contribution >= 0.6 is 0 Å². The number of nitrogens with one attached hydrogen (secondary N) is 2. The van der Waals surface area contributed by atoms with Gasteiger partial charge in [0.05, 0.1) is 12.5 Å². The zero-order valence-electron chi connectivity index (χ0n) is 12.0. The van der Waals surface area contributed by atoms with Gasteiger partial charge in [0, 0.05) is 37.6 Å². The van der Waals surface area contributed by atoms with Gasteiger partial charge < -0.3 is 15.4 Å². The highest BCUT2D eigenvalue weighted by molar-refractivity contribution is 5.80. The number of hydrogen-bond acceptors (Lipinski definition) is 2. The van der Waals surface area contributed by atoms with Crippen LogP contribution < -0.4 is 10.6 Å². The number of halogens is 3. The summed E-state index contributed by atoms with van der Waals surface area (Å²) >= 11 is 0. The molecule has 1 saturated carbocycles. The molecule has 3 unspecified atom stereocenters. The summed E-state index contributed by atoms with van der Waals surface area (Å²) < 4.78 is 42.1. The molecule has 2 aliphatic rings. The molecule has 1 heterocycles. The summed E-state index contributed by atoms with van der Waals surface area (Å²) in [7, 11) is 1.57. The van der Waals surface area contributed by atoms with Gasteiger partial charge in [-0.3, -0.25) is 4.99 Å². The Bertz CT molecular complexity index is 382. The Labute approximate surface area is 117 Å². The van der Waals surface area contributed by atoms with Crippen molar-refractivity contribution in [2.75, 3.05) is 20.2 Å². The number of hydrogen-bond donors (Lipinski definition) is 2. The van der Waals surface area contributed by atoms with Gasteiger partial charge in [-0.2, -0.15) is 13.2 Å². The lowest BCUT2D eigenvalue weighted by atomic mass is 9.57. The summed E-state index contributed by atoms with van der Waals surface area (Å²) in [4.78, 5) is 4.00. The third kappa shape index (κ3) is 3.02. The third-order valence-corrected chi connectivity index (χ3v) is 4.32. The van der Waals surface area contributed by atoms with E-state index in [1.165, 1.54) is 0 Å². The average molecular weight is 293 g/mol. The number of aliphatic imine (C=N–C) groups is 1. The summed E-state index contributed by atoms with van der Waals surface area (Å²) in [5.74, 6) is 0.851. The molecule has 116 valence electrons. The van der Waals surface area contributed by atoms with Crippen molar-refractivity contribution < 1.29 is 17.9 Å². The highest BCUT2D eigenvalue weighted by atomic mass is 19.4. The number of nitrogens with zero attached hydrogens (tertiary/aromatic N) is 1. The predicted octanol–water partition coefficient (Wildman–Crippen LogP) is 1.92. The minimum Gasteiger partial charge on any atom is -0.377 e. The van der Waals surface area contributed by atoms with E-state index in [-0.39, 0.29) is 24.1 Å². The second kappa shape index (κ2) is 5.42. The molecular weight excluding hydrogens is 271 g/mol. The third-order valence-electron chi connectivity index (χ3n) is 4.32. The quantitative estimate of drug-likeness (QED) is 0.617. The fourth-order valence-corrected chi connectivity index (χ4v) is 3.28. The van der Waals surface area contributed by atoms with Gasteiger partial charge in [0.15, 0.2) is 5.96 Å². The van der Waals surface area contributed by atoms with Crippen molar-refractivity contribution in [3.05, 3.63) is 0 Å². The number of ether oxygens (including phenoxy) is 1. The molecule has 0 spiro atoms. The molecule has 3 atom stereocenters. The van der Waals surface area contributed by atoms with Crippen molar-refractivity contribution in [1.82, 2.24) is 10.6 Å². The molecule has 0 aromatic heterocycles. The average Bonchev–Trinajstić information content (AvgIpc) is 2.78. The van der Waals surface area contributed by atoms with Crippen LogP contribution in [0.5, 0.6) is 0 Å². The second-order valence-corrected chi connectivity index (χ2v) is 6.05. The normalized spacial score (nSPS) is 32.5. The summed E-state index contributed by atoms with van der Waals surface area (Å²) in [5.41, 5.74) is -0.0250. The Kier molecular flexibility index (Phi) is 4.18. The lowest BCUT2D eigenvalue weighted by molar-refractivity contribution is -0.132. The van der Waals surface area contributed by atoms with E-state index in [2.05, 4.69) is 29.5 Å². The fraction of sp³-hybridized carbons (Fsp3) is 0.923. The topological polar surface area (TPSA) is 45.7 Å². The van der Waals surface area contributed by atoms with Gasteiger partial charge in [-0.15, -0.1) is 0 Å². The lowest BCUT2D eigenvalue weighted by Crippen LogP contribution is -2.68. The Morgan fingerprint density at radius 3 is 2.70 bits per heavy atom. The van der Waals surface area contributed by atoms with Gasteiger partial charge in [0.2, 0.25) is 0 Å². The number of alkyl halides is 3. The molecule has 4 nitrogen and oxygen atoms in total. The van der Waals surface area contributed by atoms with Gasteiger partial charge in [-0.1, -0.05) is 13.8 Å². The standard InChI is InChI=1S/C13H22F3N3O/c1-12(2)9(8-4-7-20-10(8)12)19-11(17-3)18-6-5-13(14,15)16/h8-10H,4-7H2,1-3H3,(H2,17,18,19). The van der Waals surface area contributed by atoms with Crippen LogP contribution in [0.15, 0.2) is 4.99 Å². The number of guanidine groups is 1. The maximum atomic E-state index is 12.1. The van der Waals surface area contributed by atoms with Crippen molar-refractivity contribution in [1.29, 1.82) is 0 Å². The molecule has 0 radical (unpaired) electrons. The summed E-state index contributed by atoms with van der Waals surface area (Å²) in [5, 5.41) is 5.96. The molecule has 2 N–H and O–H groups in total.